The summed E-state index contributed by atoms with van der Waals surface area (Å²) in [5, 5.41) is 0. The molecule has 20 heteroatoms. The van der Waals surface area contributed by atoms with E-state index in [2.05, 4.69) is 0 Å². The highest BCUT2D eigenvalue weighted by atomic mass is 31.2. The number of rotatable bonds is 30. The van der Waals surface area contributed by atoms with Gasteiger partial charge in [-0.2, -0.15) is 0 Å². The largest absolute Gasteiger partial charge is 0.335 e. The van der Waals surface area contributed by atoms with Crippen LogP contribution in [-0.2, 0) is 68.1 Å². The van der Waals surface area contributed by atoms with Gasteiger partial charge in [0.1, 0.15) is 0 Å². The molecule has 1 unspecified atom stereocenters. The van der Waals surface area contributed by atoms with Crippen LogP contribution in [0.2, 0.25) is 0 Å². The molecule has 0 spiro atoms. The molecule has 0 amide bonds. The topological polar surface area (TPSA) is 178 Å². The van der Waals surface area contributed by atoms with Gasteiger partial charge in [0.15, 0.2) is 0 Å². The minimum Gasteiger partial charge on any atom is -0.309 e. The zero-order valence-corrected chi connectivity index (χ0v) is 36.7. The van der Waals surface area contributed by atoms with Crippen molar-refractivity contribution in [2.75, 3.05) is 96.9 Å². The maximum atomic E-state index is 14.5. The number of hydrogen-bond acceptors (Lipinski definition) is 15. The average Bonchev–Trinajstić information content (AvgIpc) is 3.00. The van der Waals surface area contributed by atoms with Gasteiger partial charge in [-0.05, 0) is 86.3 Å². The van der Waals surface area contributed by atoms with Crippen LogP contribution in [0.25, 0.3) is 0 Å². The first-order chi connectivity index (χ1) is 24.0. The van der Waals surface area contributed by atoms with Gasteiger partial charge in [-0.1, -0.05) is 12.2 Å². The first kappa shape index (κ1) is 49.2. The maximum Gasteiger partial charge on any atom is 0.335 e. The van der Waals surface area contributed by atoms with Crippen molar-refractivity contribution in [1.82, 2.24) is 0 Å². The highest BCUT2D eigenvalue weighted by Gasteiger charge is 2.53. The van der Waals surface area contributed by atoms with E-state index < -0.39 is 49.3 Å². The molecular formula is C31H63O15P5. The Bertz CT molecular complexity index is 1270. The minimum atomic E-state index is -4.01. The molecule has 51 heavy (non-hydrogen) atoms. The standard InChI is InChI=1S/C31H63O15P5/c1-11-37-47(32,38-12-2)23-28-21-30(25-49(34,41-15-5)42-16-6)31(26-50(35,43-17-7)44-18-8,27-51(36,45-19-9)46-20-10)22-29(28)24-48(33,39-13-3)40-14-4/h21-22,30H,11-20,23-27H2,1-10H3. The zero-order valence-electron chi connectivity index (χ0n) is 32.2. The Morgan fingerprint density at radius 1 is 0.431 bits per heavy atom. The average molecular weight is 831 g/mol. The lowest BCUT2D eigenvalue weighted by Gasteiger charge is -2.44. The van der Waals surface area contributed by atoms with E-state index in [1.807, 2.05) is 0 Å². The third kappa shape index (κ3) is 15.7. The van der Waals surface area contributed by atoms with E-state index in [-0.39, 0.29) is 96.9 Å². The van der Waals surface area contributed by atoms with Crippen molar-refractivity contribution >= 4 is 38.0 Å². The molecule has 0 aromatic rings. The molecule has 302 valence electrons. The fourth-order valence-corrected chi connectivity index (χ4v) is 16.1. The molecule has 0 heterocycles. The van der Waals surface area contributed by atoms with Gasteiger partial charge in [0.05, 0.1) is 96.9 Å². The Balaban J connectivity index is 4.47. The molecule has 0 bridgehead atoms. The molecular weight excluding hydrogens is 767 g/mol. The van der Waals surface area contributed by atoms with Gasteiger partial charge < -0.3 is 45.2 Å². The first-order valence-corrected chi connectivity index (χ1v) is 26.5. The van der Waals surface area contributed by atoms with Crippen molar-refractivity contribution in [3.05, 3.63) is 23.3 Å². The fourth-order valence-electron chi connectivity index (χ4n) is 5.98. The van der Waals surface area contributed by atoms with E-state index in [1.54, 1.807) is 81.4 Å². The van der Waals surface area contributed by atoms with Gasteiger partial charge in [0, 0.05) is 5.41 Å². The quantitative estimate of drug-likeness (QED) is 0.0624. The van der Waals surface area contributed by atoms with Crippen LogP contribution in [-0.4, -0.2) is 96.9 Å². The third-order valence-electron chi connectivity index (χ3n) is 7.40. The van der Waals surface area contributed by atoms with Crippen LogP contribution < -0.4 is 0 Å². The lowest BCUT2D eigenvalue weighted by Crippen LogP contribution is -2.41. The fraction of sp³-hybridized carbons (Fsp3) is 0.871. The summed E-state index contributed by atoms with van der Waals surface area (Å²) in [5.74, 6) is -0.959. The lowest BCUT2D eigenvalue weighted by molar-refractivity contribution is 0.184. The summed E-state index contributed by atoms with van der Waals surface area (Å²) in [4.78, 5) is 0. The summed E-state index contributed by atoms with van der Waals surface area (Å²) in [7, 11) is -19.6. The van der Waals surface area contributed by atoms with E-state index in [0.717, 1.165) is 0 Å². The predicted octanol–water partition coefficient (Wildman–Crippen LogP) is 9.79. The van der Waals surface area contributed by atoms with Gasteiger partial charge in [-0.15, -0.1) is 0 Å². The van der Waals surface area contributed by atoms with E-state index in [4.69, 9.17) is 45.2 Å². The third-order valence-corrected chi connectivity index (χ3v) is 18.2. The minimum absolute atomic E-state index is 0.0242. The molecule has 1 aliphatic carbocycles. The van der Waals surface area contributed by atoms with Gasteiger partial charge in [-0.25, -0.2) is 0 Å². The van der Waals surface area contributed by atoms with Crippen molar-refractivity contribution in [3.8, 4) is 0 Å². The molecule has 0 N–H and O–H groups in total. The molecule has 1 atom stereocenters. The summed E-state index contributed by atoms with van der Waals surface area (Å²) >= 11 is 0. The van der Waals surface area contributed by atoms with Crippen molar-refractivity contribution in [1.29, 1.82) is 0 Å². The van der Waals surface area contributed by atoms with E-state index >= 15 is 0 Å². The Labute approximate surface area is 306 Å². The second-order valence-corrected chi connectivity index (χ2v) is 21.6. The molecule has 15 nitrogen and oxygen atoms in total. The number of hydrogen-bond donors (Lipinski definition) is 0. The summed E-state index contributed by atoms with van der Waals surface area (Å²) in [5.41, 5.74) is -0.865. The van der Waals surface area contributed by atoms with Gasteiger partial charge >= 0.3 is 38.0 Å². The van der Waals surface area contributed by atoms with Crippen molar-refractivity contribution in [2.24, 2.45) is 11.3 Å². The molecule has 1 rings (SSSR count). The second kappa shape index (κ2) is 23.3. The van der Waals surface area contributed by atoms with Crippen LogP contribution in [0.5, 0.6) is 0 Å². The predicted molar refractivity (Wildman–Crippen MR) is 201 cm³/mol. The van der Waals surface area contributed by atoms with E-state index in [0.29, 0.717) is 11.1 Å². The molecule has 0 radical (unpaired) electrons. The van der Waals surface area contributed by atoms with Crippen LogP contribution in [0.4, 0.5) is 0 Å². The maximum absolute atomic E-state index is 14.5. The van der Waals surface area contributed by atoms with Gasteiger partial charge in [0.2, 0.25) is 0 Å². The van der Waals surface area contributed by atoms with Crippen molar-refractivity contribution in [2.45, 2.75) is 69.2 Å². The normalized spacial score (nSPS) is 17.4. The number of allylic oxidation sites excluding steroid dienone is 4. The monoisotopic (exact) mass is 830 g/mol. The van der Waals surface area contributed by atoms with Gasteiger partial charge in [-0.3, -0.25) is 22.8 Å². The Morgan fingerprint density at radius 3 is 1.02 bits per heavy atom. The molecule has 0 saturated carbocycles. The Kier molecular flexibility index (Phi) is 22.5. The molecule has 0 saturated heterocycles. The highest BCUT2D eigenvalue weighted by molar-refractivity contribution is 7.55. The molecule has 1 aliphatic rings. The van der Waals surface area contributed by atoms with Crippen LogP contribution in [0, 0.1) is 11.3 Å². The lowest BCUT2D eigenvalue weighted by atomic mass is 9.73. The Hall–Kier alpha value is 0.230. The second-order valence-electron chi connectivity index (χ2n) is 11.2. The Morgan fingerprint density at radius 2 is 0.706 bits per heavy atom. The molecule has 0 aromatic carbocycles. The first-order valence-electron chi connectivity index (χ1n) is 17.8. The smallest absolute Gasteiger partial charge is 0.309 e. The van der Waals surface area contributed by atoms with Crippen LogP contribution in [0.3, 0.4) is 0 Å². The molecule has 0 fully saturated rings. The summed E-state index contributed by atoms with van der Waals surface area (Å²) < 4.78 is 129. The highest BCUT2D eigenvalue weighted by Crippen LogP contribution is 2.66. The molecule has 0 aliphatic heterocycles. The van der Waals surface area contributed by atoms with E-state index in [1.165, 1.54) is 0 Å². The SMILES string of the molecule is CCOP(=O)(CC1=CC(CP(=O)(OCC)OCC)C(CP(=O)(OCC)OCC)(CP(=O)(OCC)OCC)C=C1CP(=O)(OCC)OCC)OCC. The van der Waals surface area contributed by atoms with Crippen molar-refractivity contribution in [3.63, 3.8) is 0 Å². The van der Waals surface area contributed by atoms with E-state index in [9.17, 15) is 22.8 Å². The van der Waals surface area contributed by atoms with Crippen molar-refractivity contribution < 1.29 is 68.1 Å². The summed E-state index contributed by atoms with van der Waals surface area (Å²) in [6.45, 7) is 17.2. The van der Waals surface area contributed by atoms with Crippen LogP contribution in [0.1, 0.15) is 69.2 Å². The van der Waals surface area contributed by atoms with Crippen LogP contribution in [0.15, 0.2) is 23.3 Å². The summed E-state index contributed by atoms with van der Waals surface area (Å²) in [6.07, 6.45) is 1.68. The van der Waals surface area contributed by atoms with Gasteiger partial charge in [0.25, 0.3) is 0 Å². The zero-order chi connectivity index (χ0) is 38.8. The summed E-state index contributed by atoms with van der Waals surface area (Å²) in [6, 6.07) is 0. The van der Waals surface area contributed by atoms with Crippen LogP contribution >= 0.6 is 38.0 Å². The molecule has 0 aromatic heterocycles.